The summed E-state index contributed by atoms with van der Waals surface area (Å²) < 4.78 is 0. The first kappa shape index (κ1) is 47.6. The van der Waals surface area contributed by atoms with Crippen LogP contribution in [0.15, 0.2) is 30.5 Å². The number of benzene rings is 1. The lowest BCUT2D eigenvalue weighted by atomic mass is 9.99. The van der Waals surface area contributed by atoms with Crippen LogP contribution in [0.4, 0.5) is 0 Å². The third-order valence-corrected chi connectivity index (χ3v) is 9.07. The Morgan fingerprint density at radius 3 is 1.77 bits per heavy atom. The van der Waals surface area contributed by atoms with Crippen molar-refractivity contribution in [2.45, 2.75) is 102 Å². The lowest BCUT2D eigenvalue weighted by Crippen LogP contribution is -2.60. The predicted octanol–water partition coefficient (Wildman–Crippen LogP) is -2.53. The van der Waals surface area contributed by atoms with Gasteiger partial charge in [-0.1, -0.05) is 32.0 Å². The van der Waals surface area contributed by atoms with Crippen LogP contribution in [-0.4, -0.2) is 114 Å². The van der Waals surface area contributed by atoms with Crippen LogP contribution in [0.25, 0.3) is 10.9 Å². The van der Waals surface area contributed by atoms with Gasteiger partial charge in [-0.15, -0.1) is 0 Å². The van der Waals surface area contributed by atoms with Crippen molar-refractivity contribution in [3.63, 3.8) is 0 Å². The molecule has 20 nitrogen and oxygen atoms in total. The molecule has 0 saturated carbocycles. The zero-order chi connectivity index (χ0) is 42.5. The van der Waals surface area contributed by atoms with E-state index >= 15 is 0 Å². The van der Waals surface area contributed by atoms with E-state index in [-0.39, 0.29) is 38.6 Å². The number of H-pyrrole nitrogens is 1. The van der Waals surface area contributed by atoms with Crippen molar-refractivity contribution in [1.29, 1.82) is 0 Å². The minimum atomic E-state index is -1.36. The highest BCUT2D eigenvalue weighted by atomic mass is 16.4. The molecule has 0 spiro atoms. The molecule has 0 aliphatic carbocycles. The van der Waals surface area contributed by atoms with Gasteiger partial charge in [0, 0.05) is 29.9 Å². The minimum absolute atomic E-state index is 0.0773. The second kappa shape index (κ2) is 24.8. The van der Waals surface area contributed by atoms with Crippen molar-refractivity contribution in [3.8, 4) is 0 Å². The number of aromatic nitrogens is 1. The number of unbranched alkanes of at least 4 members (excludes halogenated alkanes) is 2. The number of carbonyl (C=O) groups is 8. The molecule has 0 bridgehead atoms. The van der Waals surface area contributed by atoms with Crippen LogP contribution < -0.4 is 54.8 Å². The number of aliphatic carboxylic acids is 1. The average molecular weight is 802 g/mol. The fourth-order valence-electron chi connectivity index (χ4n) is 5.94. The number of amides is 7. The summed E-state index contributed by atoms with van der Waals surface area (Å²) >= 11 is 0. The first-order valence-electron chi connectivity index (χ1n) is 19.1. The van der Waals surface area contributed by atoms with Gasteiger partial charge in [-0.3, -0.25) is 38.4 Å². The molecule has 7 amide bonds. The van der Waals surface area contributed by atoms with E-state index in [9.17, 15) is 38.4 Å². The van der Waals surface area contributed by atoms with E-state index in [4.69, 9.17) is 28.0 Å². The molecule has 0 unspecified atom stereocenters. The van der Waals surface area contributed by atoms with E-state index < -0.39 is 90.0 Å². The van der Waals surface area contributed by atoms with Crippen molar-refractivity contribution in [3.05, 3.63) is 36.0 Å². The van der Waals surface area contributed by atoms with E-state index in [2.05, 4.69) is 36.9 Å². The van der Waals surface area contributed by atoms with Gasteiger partial charge < -0.3 is 64.9 Å². The number of carboxylic acid groups (broad SMARTS) is 1. The summed E-state index contributed by atoms with van der Waals surface area (Å²) in [4.78, 5) is 106. The highest BCUT2D eigenvalue weighted by Crippen LogP contribution is 2.19. The maximum absolute atomic E-state index is 13.9. The zero-order valence-corrected chi connectivity index (χ0v) is 32.6. The van der Waals surface area contributed by atoms with Crippen molar-refractivity contribution in [2.75, 3.05) is 26.2 Å². The van der Waals surface area contributed by atoms with Crippen molar-refractivity contribution >= 4 is 58.2 Å². The Morgan fingerprint density at radius 2 is 1.23 bits per heavy atom. The number of carbonyl (C=O) groups excluding carboxylic acids is 7. The van der Waals surface area contributed by atoms with Gasteiger partial charge in [0.1, 0.15) is 36.8 Å². The molecule has 1 aromatic heterocycles. The van der Waals surface area contributed by atoms with E-state index in [1.165, 1.54) is 0 Å². The van der Waals surface area contributed by atoms with Gasteiger partial charge in [0.25, 0.3) is 0 Å². The number of carboxylic acids is 1. The van der Waals surface area contributed by atoms with Crippen molar-refractivity contribution in [2.24, 2.45) is 28.9 Å². The molecule has 16 N–H and O–H groups in total. The van der Waals surface area contributed by atoms with Crippen LogP contribution in [0.1, 0.15) is 70.8 Å². The predicted molar refractivity (Wildman–Crippen MR) is 210 cm³/mol. The van der Waals surface area contributed by atoms with Gasteiger partial charge in [-0.25, -0.2) is 0 Å². The largest absolute Gasteiger partial charge is 0.480 e. The van der Waals surface area contributed by atoms with Crippen LogP contribution in [0, 0.1) is 5.92 Å². The topological polar surface area (TPSA) is 349 Å². The summed E-state index contributed by atoms with van der Waals surface area (Å²) in [7, 11) is 0. The summed E-state index contributed by atoms with van der Waals surface area (Å²) in [6.07, 6.45) is 3.35. The fourth-order valence-corrected chi connectivity index (χ4v) is 5.94. The van der Waals surface area contributed by atoms with Gasteiger partial charge in [-0.2, -0.15) is 0 Å². The number of hydrogen-bond donors (Lipinski definition) is 12. The quantitative estimate of drug-likeness (QED) is 0.0417. The summed E-state index contributed by atoms with van der Waals surface area (Å²) in [5, 5.41) is 25.2. The average Bonchev–Trinajstić information content (AvgIpc) is 3.58. The molecule has 5 atom stereocenters. The van der Waals surface area contributed by atoms with Gasteiger partial charge in [0.2, 0.25) is 41.4 Å². The highest BCUT2D eigenvalue weighted by Gasteiger charge is 2.34. The Bertz CT molecular complexity index is 1680. The van der Waals surface area contributed by atoms with Gasteiger partial charge >= 0.3 is 5.97 Å². The Balaban J connectivity index is 2.31. The molecule has 57 heavy (non-hydrogen) atoms. The Kier molecular flexibility index (Phi) is 20.7. The molecule has 0 aliphatic heterocycles. The van der Waals surface area contributed by atoms with Gasteiger partial charge in [0.05, 0.1) is 6.54 Å². The van der Waals surface area contributed by atoms with Crippen LogP contribution in [0.5, 0.6) is 0 Å². The number of hydrogen-bond acceptors (Lipinski definition) is 11. The third kappa shape index (κ3) is 16.6. The number of nitrogens with one attached hydrogen (secondary N) is 7. The molecule has 316 valence electrons. The summed E-state index contributed by atoms with van der Waals surface area (Å²) in [6, 6.07) is 1.37. The Hall–Kier alpha value is -5.60. The van der Waals surface area contributed by atoms with Crippen molar-refractivity contribution < 1.29 is 43.5 Å². The fraction of sp³-hybridized carbons (Fsp3) is 0.568. The second-order valence-corrected chi connectivity index (χ2v) is 14.0. The third-order valence-electron chi connectivity index (χ3n) is 9.07. The van der Waals surface area contributed by atoms with Gasteiger partial charge in [0.15, 0.2) is 0 Å². The van der Waals surface area contributed by atoms with Gasteiger partial charge in [-0.05, 0) is 75.6 Å². The van der Waals surface area contributed by atoms with E-state index in [0.717, 1.165) is 16.5 Å². The smallest absolute Gasteiger partial charge is 0.322 e. The molecule has 1 heterocycles. The second-order valence-electron chi connectivity index (χ2n) is 14.0. The number of rotatable bonds is 27. The van der Waals surface area contributed by atoms with Crippen LogP contribution in [0.2, 0.25) is 0 Å². The molecular formula is C37H59N11O9. The lowest BCUT2D eigenvalue weighted by molar-refractivity contribution is -0.139. The van der Waals surface area contributed by atoms with E-state index in [1.807, 2.05) is 24.3 Å². The van der Waals surface area contributed by atoms with Crippen LogP contribution >= 0.6 is 0 Å². The summed E-state index contributed by atoms with van der Waals surface area (Å²) in [5.74, 6) is -6.97. The summed E-state index contributed by atoms with van der Waals surface area (Å²) in [5.41, 5.74) is 23.7. The lowest BCUT2D eigenvalue weighted by Gasteiger charge is -2.29. The molecule has 0 radical (unpaired) electrons. The molecule has 0 saturated heterocycles. The summed E-state index contributed by atoms with van der Waals surface area (Å²) in [6.45, 7) is 2.84. The van der Waals surface area contributed by atoms with E-state index in [0.29, 0.717) is 38.8 Å². The highest BCUT2D eigenvalue weighted by molar-refractivity contribution is 5.97. The number of primary amides is 1. The first-order chi connectivity index (χ1) is 27.1. The SMILES string of the molecule is CC(C)[C@H](NC(=O)[C@H](CCCCN)NC(=O)[C@H](Cc1c[nH]c2ccccc12)NC(=O)CN)C(=O)N[C@@H](CCCCN)C(=O)N[C@@H](CCC(N)=O)C(=O)NCC(=O)O. The van der Waals surface area contributed by atoms with Crippen LogP contribution in [0.3, 0.4) is 0 Å². The first-order valence-corrected chi connectivity index (χ1v) is 19.1. The normalized spacial score (nSPS) is 13.7. The maximum atomic E-state index is 13.9. The maximum Gasteiger partial charge on any atom is 0.322 e. The monoisotopic (exact) mass is 801 g/mol. The van der Waals surface area contributed by atoms with Crippen molar-refractivity contribution in [1.82, 2.24) is 36.9 Å². The minimum Gasteiger partial charge on any atom is -0.480 e. The zero-order valence-electron chi connectivity index (χ0n) is 32.6. The van der Waals surface area contributed by atoms with E-state index in [1.54, 1.807) is 20.0 Å². The molecule has 0 aliphatic rings. The van der Waals surface area contributed by atoms with Crippen LogP contribution in [-0.2, 0) is 44.8 Å². The molecule has 2 rings (SSSR count). The Morgan fingerprint density at radius 1 is 0.684 bits per heavy atom. The molecule has 20 heteroatoms. The Labute approximate surface area is 331 Å². The number of fused-ring (bicyclic) bond motifs is 1. The number of aromatic amines is 1. The molecule has 0 fully saturated rings. The molecule has 2 aromatic rings. The number of nitrogens with two attached hydrogens (primary N) is 4. The molecular weight excluding hydrogens is 742 g/mol. The standard InChI is InChI=1S/C37H59N11O9/c1-21(2)32(37(57)47-25(11-5-7-15-38)34(54)46-27(13-14-29(41)49)33(53)43-20-31(51)52)48-35(55)26(12-6-8-16-39)45-36(56)28(44-30(50)18-40)17-22-19-42-24-10-4-3-9-23(22)24/h3-4,9-10,19,21,25-28,32,42H,5-8,11-18,20,38-40H2,1-2H3,(H2,41,49)(H,43,53)(H,44,50)(H,45,56)(H,46,54)(H,47,57)(H,48,55)(H,51,52)/t25-,26-,27-,28-,32-/m0/s1. The molecule has 1 aromatic carbocycles. The number of para-hydroxylation sites is 1.